The summed E-state index contributed by atoms with van der Waals surface area (Å²) in [4.78, 5) is 14.3. The fourth-order valence-electron chi connectivity index (χ4n) is 2.14. The van der Waals surface area contributed by atoms with E-state index >= 15 is 0 Å². The van der Waals surface area contributed by atoms with Crippen LogP contribution >= 0.6 is 11.3 Å². The van der Waals surface area contributed by atoms with Gasteiger partial charge in [-0.15, -0.1) is 11.3 Å². The lowest BCUT2D eigenvalue weighted by Gasteiger charge is -2.18. The molecule has 0 unspecified atom stereocenters. The molecule has 0 spiro atoms. The molecule has 3 rings (SSSR count). The van der Waals surface area contributed by atoms with Crippen molar-refractivity contribution < 1.29 is 14.3 Å². The highest BCUT2D eigenvalue weighted by atomic mass is 32.1. The van der Waals surface area contributed by atoms with Gasteiger partial charge in [-0.1, -0.05) is 0 Å². The molecule has 1 amide bonds. The molecule has 0 saturated carbocycles. The topological polar surface area (TPSA) is 71.4 Å². The molecule has 1 aromatic heterocycles. The second kappa shape index (κ2) is 6.55. The zero-order chi connectivity index (χ0) is 16.2. The Morgan fingerprint density at radius 1 is 1.26 bits per heavy atom. The third-order valence-electron chi connectivity index (χ3n) is 3.21. The van der Waals surface area contributed by atoms with Gasteiger partial charge < -0.3 is 14.8 Å². The maximum atomic E-state index is 12.3. The Labute approximate surface area is 137 Å². The Bertz CT molecular complexity index is 817. The normalized spacial score (nSPS) is 13.3. The van der Waals surface area contributed by atoms with Gasteiger partial charge in [0, 0.05) is 21.5 Å². The van der Waals surface area contributed by atoms with E-state index in [-0.39, 0.29) is 5.57 Å². The monoisotopic (exact) mass is 326 g/mol. The van der Waals surface area contributed by atoms with Gasteiger partial charge in [0.05, 0.1) is 0 Å². The Hall–Kier alpha value is -2.78. The van der Waals surface area contributed by atoms with E-state index in [9.17, 15) is 10.1 Å². The number of hydrogen-bond acceptors (Lipinski definition) is 5. The Balaban J connectivity index is 1.77. The van der Waals surface area contributed by atoms with Crippen molar-refractivity contribution in [1.29, 1.82) is 5.26 Å². The van der Waals surface area contributed by atoms with Crippen molar-refractivity contribution in [3.05, 3.63) is 45.7 Å². The van der Waals surface area contributed by atoms with E-state index in [0.29, 0.717) is 30.4 Å². The highest BCUT2D eigenvalue weighted by Crippen LogP contribution is 2.32. The number of amides is 1. The highest BCUT2D eigenvalue weighted by Gasteiger charge is 2.14. The fraction of sp³-hybridized carbons (Fsp3) is 0.176. The van der Waals surface area contributed by atoms with E-state index in [1.807, 2.05) is 25.1 Å². The van der Waals surface area contributed by atoms with E-state index in [1.54, 1.807) is 24.3 Å². The second-order valence-corrected chi connectivity index (χ2v) is 6.25. The molecule has 0 radical (unpaired) electrons. The average Bonchev–Trinajstić information content (AvgIpc) is 2.97. The minimum absolute atomic E-state index is 0.0572. The number of thiophene rings is 1. The predicted octanol–water partition coefficient (Wildman–Crippen LogP) is 3.37. The molecule has 23 heavy (non-hydrogen) atoms. The summed E-state index contributed by atoms with van der Waals surface area (Å²) in [5.41, 5.74) is 0.615. The molecule has 116 valence electrons. The molecule has 1 aliphatic heterocycles. The molecular formula is C17H14N2O3S. The lowest BCUT2D eigenvalue weighted by Crippen LogP contribution is -2.17. The van der Waals surface area contributed by atoms with Crippen LogP contribution in [-0.4, -0.2) is 19.1 Å². The minimum Gasteiger partial charge on any atom is -0.486 e. The predicted molar refractivity (Wildman–Crippen MR) is 88.7 cm³/mol. The molecule has 2 heterocycles. The average molecular weight is 326 g/mol. The molecule has 5 nitrogen and oxygen atoms in total. The van der Waals surface area contributed by atoms with Crippen LogP contribution in [0.4, 0.5) is 5.69 Å². The maximum absolute atomic E-state index is 12.3. The zero-order valence-corrected chi connectivity index (χ0v) is 13.3. The van der Waals surface area contributed by atoms with Gasteiger partial charge in [0.25, 0.3) is 5.91 Å². The van der Waals surface area contributed by atoms with Gasteiger partial charge in [-0.3, -0.25) is 4.79 Å². The maximum Gasteiger partial charge on any atom is 0.266 e. The molecule has 1 aliphatic rings. The standard InChI is InChI=1S/C17H14N2O3S/c1-11-2-4-14(23-11)8-12(10-18)17(20)19-13-3-5-15-16(9-13)22-7-6-21-15/h2-5,8-9H,6-7H2,1H3,(H,19,20)/b12-8-. The van der Waals surface area contributed by atoms with Crippen LogP contribution in [0.25, 0.3) is 6.08 Å². The molecule has 0 bridgehead atoms. The van der Waals surface area contributed by atoms with Crippen molar-refractivity contribution in [3.63, 3.8) is 0 Å². The van der Waals surface area contributed by atoms with Gasteiger partial charge in [0.2, 0.25) is 0 Å². The smallest absolute Gasteiger partial charge is 0.266 e. The SMILES string of the molecule is Cc1ccc(/C=C(/C#N)C(=O)Nc2ccc3c(c2)OCCO3)s1. The van der Waals surface area contributed by atoms with Crippen molar-refractivity contribution in [3.8, 4) is 17.6 Å². The number of carbonyl (C=O) groups excluding carboxylic acids is 1. The number of rotatable bonds is 3. The molecular weight excluding hydrogens is 312 g/mol. The molecule has 1 aromatic carbocycles. The highest BCUT2D eigenvalue weighted by molar-refractivity contribution is 7.12. The number of benzene rings is 1. The van der Waals surface area contributed by atoms with Gasteiger partial charge >= 0.3 is 0 Å². The van der Waals surface area contributed by atoms with Gasteiger partial charge in [-0.25, -0.2) is 0 Å². The first-order chi connectivity index (χ1) is 11.2. The van der Waals surface area contributed by atoms with Crippen LogP contribution in [0.15, 0.2) is 35.9 Å². The number of nitriles is 1. The summed E-state index contributed by atoms with van der Waals surface area (Å²) in [6.45, 7) is 2.97. The number of carbonyl (C=O) groups is 1. The van der Waals surface area contributed by atoms with Crippen LogP contribution in [0.5, 0.6) is 11.5 Å². The van der Waals surface area contributed by atoms with Crippen molar-refractivity contribution >= 4 is 29.0 Å². The molecule has 0 fully saturated rings. The van der Waals surface area contributed by atoms with Crippen LogP contribution in [-0.2, 0) is 4.79 Å². The lowest BCUT2D eigenvalue weighted by atomic mass is 10.2. The first kappa shape index (κ1) is 15.1. The van der Waals surface area contributed by atoms with Crippen LogP contribution in [0.1, 0.15) is 9.75 Å². The fourth-order valence-corrected chi connectivity index (χ4v) is 2.96. The summed E-state index contributed by atoms with van der Waals surface area (Å²) in [5, 5.41) is 11.9. The quantitative estimate of drug-likeness (QED) is 0.693. The minimum atomic E-state index is -0.449. The number of nitrogens with zero attached hydrogens (tertiary/aromatic N) is 1. The number of nitrogens with one attached hydrogen (secondary N) is 1. The molecule has 0 saturated heterocycles. The number of anilines is 1. The Morgan fingerprint density at radius 2 is 2.04 bits per heavy atom. The van der Waals surface area contributed by atoms with Gasteiger partial charge in [0.1, 0.15) is 24.9 Å². The van der Waals surface area contributed by atoms with Gasteiger partial charge in [-0.05, 0) is 37.3 Å². The van der Waals surface area contributed by atoms with E-state index in [1.165, 1.54) is 11.3 Å². The van der Waals surface area contributed by atoms with Crippen LogP contribution in [0, 0.1) is 18.3 Å². The number of fused-ring (bicyclic) bond motifs is 1. The lowest BCUT2D eigenvalue weighted by molar-refractivity contribution is -0.112. The van der Waals surface area contributed by atoms with E-state index in [4.69, 9.17) is 9.47 Å². The van der Waals surface area contributed by atoms with Crippen molar-refractivity contribution in [2.45, 2.75) is 6.92 Å². The molecule has 0 atom stereocenters. The summed E-state index contributed by atoms with van der Waals surface area (Å²) in [6.07, 6.45) is 1.59. The number of aryl methyl sites for hydroxylation is 1. The van der Waals surface area contributed by atoms with Crippen molar-refractivity contribution in [2.24, 2.45) is 0 Å². The number of hydrogen-bond donors (Lipinski definition) is 1. The first-order valence-corrected chi connectivity index (χ1v) is 7.86. The third-order valence-corrected chi connectivity index (χ3v) is 4.16. The van der Waals surface area contributed by atoms with E-state index in [2.05, 4.69) is 5.32 Å². The van der Waals surface area contributed by atoms with Gasteiger partial charge in [0.15, 0.2) is 11.5 Å². The van der Waals surface area contributed by atoms with Crippen molar-refractivity contribution in [2.75, 3.05) is 18.5 Å². The summed E-state index contributed by atoms with van der Waals surface area (Å²) in [7, 11) is 0. The van der Waals surface area contributed by atoms with Crippen LogP contribution in [0.2, 0.25) is 0 Å². The molecule has 0 aliphatic carbocycles. The van der Waals surface area contributed by atoms with Crippen LogP contribution in [0.3, 0.4) is 0 Å². The summed E-state index contributed by atoms with van der Waals surface area (Å²) in [5.74, 6) is 0.792. The second-order valence-electron chi connectivity index (χ2n) is 4.93. The summed E-state index contributed by atoms with van der Waals surface area (Å²) in [6, 6.07) is 10.9. The summed E-state index contributed by atoms with van der Waals surface area (Å²) >= 11 is 1.53. The largest absolute Gasteiger partial charge is 0.486 e. The van der Waals surface area contributed by atoms with Gasteiger partial charge in [-0.2, -0.15) is 5.26 Å². The van der Waals surface area contributed by atoms with Crippen molar-refractivity contribution in [1.82, 2.24) is 0 Å². The Kier molecular flexibility index (Phi) is 4.31. The molecule has 1 N–H and O–H groups in total. The Morgan fingerprint density at radius 3 is 2.74 bits per heavy atom. The summed E-state index contributed by atoms with van der Waals surface area (Å²) < 4.78 is 10.9. The third kappa shape index (κ3) is 3.52. The number of ether oxygens (including phenoxy) is 2. The van der Waals surface area contributed by atoms with E-state index < -0.39 is 5.91 Å². The zero-order valence-electron chi connectivity index (χ0n) is 12.5. The van der Waals surface area contributed by atoms with E-state index in [0.717, 1.165) is 9.75 Å². The van der Waals surface area contributed by atoms with Crippen LogP contribution < -0.4 is 14.8 Å². The first-order valence-electron chi connectivity index (χ1n) is 7.05. The molecule has 6 heteroatoms. The molecule has 2 aromatic rings.